The molecule has 0 aliphatic rings. The number of rotatable bonds is 8. The lowest BCUT2D eigenvalue weighted by Gasteiger charge is -2.23. The Labute approximate surface area is 109 Å². The van der Waals surface area contributed by atoms with Gasteiger partial charge in [0.25, 0.3) is 0 Å². The molecule has 0 aliphatic heterocycles. The molecule has 0 saturated heterocycles. The predicted molar refractivity (Wildman–Crippen MR) is 72.8 cm³/mol. The predicted octanol–water partition coefficient (Wildman–Crippen LogP) is 1.20. The van der Waals surface area contributed by atoms with Crippen molar-refractivity contribution in [3.63, 3.8) is 0 Å². The Kier molecular flexibility index (Phi) is 6.64. The monoisotopic (exact) mass is 253 g/mol. The largest absolute Gasteiger partial charge is 0.383 e. The van der Waals surface area contributed by atoms with Gasteiger partial charge in [0.15, 0.2) is 0 Å². The Morgan fingerprint density at radius 2 is 1.83 bits per heavy atom. The second-order valence-corrected chi connectivity index (χ2v) is 4.21. The van der Waals surface area contributed by atoms with E-state index in [0.717, 1.165) is 24.5 Å². The topological polar surface area (TPSA) is 60.6 Å². The smallest absolute Gasteiger partial charge is 0.128 e. The van der Waals surface area contributed by atoms with Gasteiger partial charge in [-0.1, -0.05) is 6.07 Å². The van der Waals surface area contributed by atoms with Crippen LogP contribution in [0.1, 0.15) is 18.5 Å². The summed E-state index contributed by atoms with van der Waals surface area (Å²) < 4.78 is 10.2. The molecule has 0 saturated carbocycles. The highest BCUT2D eigenvalue weighted by atomic mass is 16.5. The summed E-state index contributed by atoms with van der Waals surface area (Å²) in [7, 11) is 3.39. The van der Waals surface area contributed by atoms with Crippen LogP contribution in [-0.2, 0) is 9.47 Å². The third kappa shape index (κ3) is 4.60. The van der Waals surface area contributed by atoms with Gasteiger partial charge in [0, 0.05) is 39.5 Å². The molecule has 0 aromatic carbocycles. The molecule has 0 unspecified atom stereocenters. The molecule has 5 nitrogen and oxygen atoms in total. The molecule has 0 fully saturated rings. The van der Waals surface area contributed by atoms with Crippen molar-refractivity contribution in [2.45, 2.75) is 13.0 Å². The maximum Gasteiger partial charge on any atom is 0.128 e. The number of ether oxygens (including phenoxy) is 2. The van der Waals surface area contributed by atoms with Crippen molar-refractivity contribution in [2.75, 3.05) is 45.4 Å². The van der Waals surface area contributed by atoms with E-state index >= 15 is 0 Å². The first-order valence-electron chi connectivity index (χ1n) is 6.13. The molecule has 1 atom stereocenters. The van der Waals surface area contributed by atoms with Gasteiger partial charge in [-0.2, -0.15) is 0 Å². The molecule has 1 aromatic heterocycles. The zero-order chi connectivity index (χ0) is 13.4. The van der Waals surface area contributed by atoms with E-state index in [4.69, 9.17) is 15.2 Å². The van der Waals surface area contributed by atoms with Crippen LogP contribution >= 0.6 is 0 Å². The van der Waals surface area contributed by atoms with Gasteiger partial charge in [-0.3, -0.25) is 0 Å². The van der Waals surface area contributed by atoms with Gasteiger partial charge in [-0.15, -0.1) is 0 Å². The Hall–Kier alpha value is -1.17. The summed E-state index contributed by atoms with van der Waals surface area (Å²) in [6.07, 6.45) is 1.83. The Morgan fingerprint density at radius 3 is 2.22 bits per heavy atom. The average Bonchev–Trinajstić information content (AvgIpc) is 2.39. The van der Waals surface area contributed by atoms with Gasteiger partial charge in [-0.25, -0.2) is 4.98 Å². The quantitative estimate of drug-likeness (QED) is 0.754. The summed E-state index contributed by atoms with van der Waals surface area (Å²) in [6.45, 7) is 4.87. The highest BCUT2D eigenvalue weighted by Crippen LogP contribution is 2.14. The van der Waals surface area contributed by atoms with E-state index in [1.54, 1.807) is 14.2 Å². The van der Waals surface area contributed by atoms with Crippen LogP contribution in [0.3, 0.4) is 0 Å². The first-order chi connectivity index (χ1) is 8.69. The minimum Gasteiger partial charge on any atom is -0.383 e. The molecule has 0 spiro atoms. The summed E-state index contributed by atoms with van der Waals surface area (Å²) in [5.74, 6) is 0.925. The standard InChI is InChI=1S/C13H23N3O2/c1-11(14)12-4-5-13(15-10-12)16(6-8-17-2)7-9-18-3/h4-5,10-11H,6-9,14H2,1-3H3/t11-/m1/s1. The fraction of sp³-hybridized carbons (Fsp3) is 0.615. The molecule has 0 aliphatic carbocycles. The zero-order valence-corrected chi connectivity index (χ0v) is 11.4. The lowest BCUT2D eigenvalue weighted by molar-refractivity contribution is 0.190. The van der Waals surface area contributed by atoms with Crippen molar-refractivity contribution in [1.82, 2.24) is 4.98 Å². The molecule has 0 amide bonds. The number of pyridine rings is 1. The van der Waals surface area contributed by atoms with Crippen LogP contribution in [0.25, 0.3) is 0 Å². The molecular formula is C13H23N3O2. The number of aromatic nitrogens is 1. The van der Waals surface area contributed by atoms with Crippen molar-refractivity contribution >= 4 is 5.82 Å². The normalized spacial score (nSPS) is 12.4. The number of hydrogen-bond acceptors (Lipinski definition) is 5. The number of nitrogens with zero attached hydrogens (tertiary/aromatic N) is 2. The number of nitrogens with two attached hydrogens (primary N) is 1. The molecule has 5 heteroatoms. The zero-order valence-electron chi connectivity index (χ0n) is 11.4. The third-order valence-corrected chi connectivity index (χ3v) is 2.75. The van der Waals surface area contributed by atoms with E-state index in [1.807, 2.05) is 25.3 Å². The summed E-state index contributed by atoms with van der Waals surface area (Å²) in [5, 5.41) is 0. The van der Waals surface area contributed by atoms with Crippen LogP contribution in [0, 0.1) is 0 Å². The molecule has 0 bridgehead atoms. The van der Waals surface area contributed by atoms with Gasteiger partial charge in [-0.05, 0) is 18.6 Å². The minimum absolute atomic E-state index is 0.0120. The number of methoxy groups -OCH3 is 2. The lowest BCUT2D eigenvalue weighted by Crippen LogP contribution is -2.31. The van der Waals surface area contributed by atoms with E-state index in [-0.39, 0.29) is 6.04 Å². The fourth-order valence-electron chi connectivity index (χ4n) is 1.60. The van der Waals surface area contributed by atoms with Crippen LogP contribution < -0.4 is 10.6 Å². The van der Waals surface area contributed by atoms with Crippen molar-refractivity contribution in [2.24, 2.45) is 5.73 Å². The summed E-state index contributed by atoms with van der Waals surface area (Å²) >= 11 is 0. The van der Waals surface area contributed by atoms with Crippen LogP contribution in [0.5, 0.6) is 0 Å². The van der Waals surface area contributed by atoms with Crippen molar-refractivity contribution in [3.8, 4) is 0 Å². The van der Waals surface area contributed by atoms with E-state index in [2.05, 4.69) is 9.88 Å². The summed E-state index contributed by atoms with van der Waals surface area (Å²) in [4.78, 5) is 6.58. The van der Waals surface area contributed by atoms with E-state index in [1.165, 1.54) is 0 Å². The van der Waals surface area contributed by atoms with Gasteiger partial charge >= 0.3 is 0 Å². The Bertz CT molecular complexity index is 320. The number of anilines is 1. The Balaban J connectivity index is 2.70. The molecule has 18 heavy (non-hydrogen) atoms. The second-order valence-electron chi connectivity index (χ2n) is 4.21. The van der Waals surface area contributed by atoms with Crippen molar-refractivity contribution < 1.29 is 9.47 Å². The van der Waals surface area contributed by atoms with Crippen molar-refractivity contribution in [1.29, 1.82) is 0 Å². The average molecular weight is 253 g/mol. The molecular weight excluding hydrogens is 230 g/mol. The first kappa shape index (κ1) is 14.9. The van der Waals surface area contributed by atoms with Gasteiger partial charge < -0.3 is 20.1 Å². The SMILES string of the molecule is COCCN(CCOC)c1ccc([C@@H](C)N)cn1. The van der Waals surface area contributed by atoms with Crippen LogP contribution in [0.4, 0.5) is 5.82 Å². The van der Waals surface area contributed by atoms with E-state index in [0.29, 0.717) is 13.2 Å². The van der Waals surface area contributed by atoms with E-state index in [9.17, 15) is 0 Å². The number of hydrogen-bond donors (Lipinski definition) is 1. The third-order valence-electron chi connectivity index (χ3n) is 2.75. The second kappa shape index (κ2) is 8.02. The lowest BCUT2D eigenvalue weighted by atomic mass is 10.1. The molecule has 1 heterocycles. The molecule has 2 N–H and O–H groups in total. The van der Waals surface area contributed by atoms with Gasteiger partial charge in [0.1, 0.15) is 5.82 Å². The molecule has 102 valence electrons. The van der Waals surface area contributed by atoms with Crippen molar-refractivity contribution in [3.05, 3.63) is 23.9 Å². The minimum atomic E-state index is 0.0120. The summed E-state index contributed by atoms with van der Waals surface area (Å²) in [5.41, 5.74) is 6.85. The molecule has 0 radical (unpaired) electrons. The fourth-order valence-corrected chi connectivity index (χ4v) is 1.60. The highest BCUT2D eigenvalue weighted by molar-refractivity contribution is 5.39. The maximum absolute atomic E-state index is 5.81. The maximum atomic E-state index is 5.81. The highest BCUT2D eigenvalue weighted by Gasteiger charge is 2.08. The molecule has 1 aromatic rings. The summed E-state index contributed by atoms with van der Waals surface area (Å²) in [6, 6.07) is 4.02. The Morgan fingerprint density at radius 1 is 1.22 bits per heavy atom. The van der Waals surface area contributed by atoms with Crippen LogP contribution in [0.2, 0.25) is 0 Å². The van der Waals surface area contributed by atoms with Gasteiger partial charge in [0.05, 0.1) is 13.2 Å². The van der Waals surface area contributed by atoms with Crippen LogP contribution in [0.15, 0.2) is 18.3 Å². The van der Waals surface area contributed by atoms with Gasteiger partial charge in [0.2, 0.25) is 0 Å². The first-order valence-corrected chi connectivity index (χ1v) is 6.13. The van der Waals surface area contributed by atoms with E-state index < -0.39 is 0 Å². The molecule has 1 rings (SSSR count). The van der Waals surface area contributed by atoms with Crippen LogP contribution in [-0.4, -0.2) is 45.5 Å².